The SMILES string of the molecule is C=CCn1ncc2c(=O)[nH]c(NCCN)nc21. The predicted molar refractivity (Wildman–Crippen MR) is 65.9 cm³/mol. The fraction of sp³-hybridized carbons (Fsp3) is 0.300. The molecule has 0 unspecified atom stereocenters. The highest BCUT2D eigenvalue weighted by Gasteiger charge is 2.08. The molecule has 0 aliphatic carbocycles. The van der Waals surface area contributed by atoms with E-state index in [0.29, 0.717) is 36.6 Å². The maximum absolute atomic E-state index is 11.7. The summed E-state index contributed by atoms with van der Waals surface area (Å²) in [5, 5.41) is 7.47. The molecule has 0 spiro atoms. The van der Waals surface area contributed by atoms with Crippen LogP contribution in [0.2, 0.25) is 0 Å². The molecular formula is C10H14N6O. The van der Waals surface area contributed by atoms with Gasteiger partial charge in [-0.15, -0.1) is 6.58 Å². The third kappa shape index (κ3) is 2.18. The number of anilines is 1. The first-order valence-electron chi connectivity index (χ1n) is 5.27. The van der Waals surface area contributed by atoms with Crippen LogP contribution in [-0.2, 0) is 6.54 Å². The minimum Gasteiger partial charge on any atom is -0.354 e. The number of hydrogen-bond donors (Lipinski definition) is 3. The highest BCUT2D eigenvalue weighted by molar-refractivity contribution is 5.74. The van der Waals surface area contributed by atoms with Gasteiger partial charge in [-0.1, -0.05) is 6.08 Å². The summed E-state index contributed by atoms with van der Waals surface area (Å²) in [6.45, 7) is 5.15. The Morgan fingerprint density at radius 3 is 3.18 bits per heavy atom. The summed E-state index contributed by atoms with van der Waals surface area (Å²) in [5.74, 6) is 0.402. The number of aromatic nitrogens is 4. The molecule has 7 nitrogen and oxygen atoms in total. The van der Waals surface area contributed by atoms with E-state index in [1.54, 1.807) is 10.8 Å². The molecule has 0 aliphatic rings. The Kier molecular flexibility index (Phi) is 3.20. The van der Waals surface area contributed by atoms with Gasteiger partial charge in [-0.05, 0) is 0 Å². The first-order chi connectivity index (χ1) is 8.26. The van der Waals surface area contributed by atoms with E-state index in [4.69, 9.17) is 5.73 Å². The minimum atomic E-state index is -0.218. The summed E-state index contributed by atoms with van der Waals surface area (Å²) in [4.78, 5) is 18.6. The van der Waals surface area contributed by atoms with E-state index in [0.717, 1.165) is 0 Å². The zero-order valence-electron chi connectivity index (χ0n) is 9.31. The highest BCUT2D eigenvalue weighted by Crippen LogP contribution is 2.07. The van der Waals surface area contributed by atoms with Gasteiger partial charge >= 0.3 is 0 Å². The second-order valence-electron chi connectivity index (χ2n) is 3.48. The standard InChI is InChI=1S/C10H14N6O/c1-2-5-16-8-7(6-13-16)9(17)15-10(14-8)12-4-3-11/h2,6H,1,3-5,11H2,(H2,12,14,15,17). The van der Waals surface area contributed by atoms with Crippen LogP contribution in [-0.4, -0.2) is 32.8 Å². The number of nitrogens with two attached hydrogens (primary N) is 1. The number of allylic oxidation sites excluding steroid dienone is 1. The number of H-pyrrole nitrogens is 1. The maximum Gasteiger partial charge on any atom is 0.263 e. The van der Waals surface area contributed by atoms with Gasteiger partial charge in [0.25, 0.3) is 5.56 Å². The summed E-state index contributed by atoms with van der Waals surface area (Å²) < 4.78 is 1.62. The van der Waals surface area contributed by atoms with Crippen molar-refractivity contribution in [3.63, 3.8) is 0 Å². The zero-order chi connectivity index (χ0) is 12.3. The van der Waals surface area contributed by atoms with E-state index in [2.05, 4.69) is 27.0 Å². The van der Waals surface area contributed by atoms with Crippen molar-refractivity contribution in [2.45, 2.75) is 6.54 Å². The lowest BCUT2D eigenvalue weighted by Crippen LogP contribution is -2.18. The van der Waals surface area contributed by atoms with Crippen LogP contribution in [0.15, 0.2) is 23.6 Å². The fourth-order valence-corrected chi connectivity index (χ4v) is 1.50. The smallest absolute Gasteiger partial charge is 0.263 e. The van der Waals surface area contributed by atoms with E-state index in [1.807, 2.05) is 0 Å². The average Bonchev–Trinajstić information content (AvgIpc) is 2.71. The molecule has 2 heterocycles. The Morgan fingerprint density at radius 2 is 2.47 bits per heavy atom. The monoisotopic (exact) mass is 234 g/mol. The van der Waals surface area contributed by atoms with Gasteiger partial charge in [0.15, 0.2) is 5.65 Å². The topological polar surface area (TPSA) is 102 Å². The molecule has 0 atom stereocenters. The van der Waals surface area contributed by atoms with Crippen LogP contribution in [0.5, 0.6) is 0 Å². The predicted octanol–water partition coefficient (Wildman–Crippen LogP) is -0.324. The molecule has 2 rings (SSSR count). The quantitative estimate of drug-likeness (QED) is 0.615. The van der Waals surface area contributed by atoms with Gasteiger partial charge < -0.3 is 11.1 Å². The summed E-state index contributed by atoms with van der Waals surface area (Å²) in [6.07, 6.45) is 3.19. The molecular weight excluding hydrogens is 220 g/mol. The Labute approximate surface area is 97.3 Å². The van der Waals surface area contributed by atoms with Crippen LogP contribution in [0, 0.1) is 0 Å². The molecule has 7 heteroatoms. The maximum atomic E-state index is 11.7. The van der Waals surface area contributed by atoms with Crippen LogP contribution >= 0.6 is 0 Å². The fourth-order valence-electron chi connectivity index (χ4n) is 1.50. The molecule has 2 aromatic heterocycles. The van der Waals surface area contributed by atoms with Crippen LogP contribution in [0.1, 0.15) is 0 Å². The van der Waals surface area contributed by atoms with Crippen molar-refractivity contribution in [1.29, 1.82) is 0 Å². The first-order valence-corrected chi connectivity index (χ1v) is 5.27. The second-order valence-corrected chi connectivity index (χ2v) is 3.48. The second kappa shape index (κ2) is 4.79. The van der Waals surface area contributed by atoms with Crippen LogP contribution in [0.25, 0.3) is 11.0 Å². The molecule has 90 valence electrons. The van der Waals surface area contributed by atoms with Crippen molar-refractivity contribution in [1.82, 2.24) is 19.7 Å². The van der Waals surface area contributed by atoms with Crippen molar-refractivity contribution in [2.75, 3.05) is 18.4 Å². The average molecular weight is 234 g/mol. The molecule has 0 amide bonds. The lowest BCUT2D eigenvalue weighted by atomic mass is 10.4. The number of nitrogens with one attached hydrogen (secondary N) is 2. The van der Waals surface area contributed by atoms with Gasteiger partial charge in [-0.25, -0.2) is 4.68 Å². The van der Waals surface area contributed by atoms with Gasteiger partial charge in [-0.2, -0.15) is 10.1 Å². The minimum absolute atomic E-state index is 0.218. The van der Waals surface area contributed by atoms with Crippen molar-refractivity contribution in [2.24, 2.45) is 5.73 Å². The molecule has 17 heavy (non-hydrogen) atoms. The molecule has 0 bridgehead atoms. The molecule has 0 saturated heterocycles. The number of hydrogen-bond acceptors (Lipinski definition) is 5. The molecule has 0 radical (unpaired) electrons. The third-order valence-corrected chi connectivity index (χ3v) is 2.24. The van der Waals surface area contributed by atoms with Crippen molar-refractivity contribution in [3.05, 3.63) is 29.2 Å². The van der Waals surface area contributed by atoms with E-state index >= 15 is 0 Å². The number of rotatable bonds is 5. The molecule has 0 aliphatic heterocycles. The molecule has 2 aromatic rings. The van der Waals surface area contributed by atoms with Crippen LogP contribution in [0.3, 0.4) is 0 Å². The van der Waals surface area contributed by atoms with Crippen LogP contribution in [0.4, 0.5) is 5.95 Å². The van der Waals surface area contributed by atoms with E-state index in [-0.39, 0.29) is 5.56 Å². The number of aromatic amines is 1. The Hall–Kier alpha value is -2.15. The van der Waals surface area contributed by atoms with Gasteiger partial charge in [0, 0.05) is 13.1 Å². The van der Waals surface area contributed by atoms with Gasteiger partial charge in [0.1, 0.15) is 5.39 Å². The normalized spacial score (nSPS) is 10.6. The molecule has 4 N–H and O–H groups in total. The largest absolute Gasteiger partial charge is 0.354 e. The summed E-state index contributed by atoms with van der Waals surface area (Å²) >= 11 is 0. The summed E-state index contributed by atoms with van der Waals surface area (Å²) in [6, 6.07) is 0. The lowest BCUT2D eigenvalue weighted by Gasteiger charge is -2.04. The van der Waals surface area contributed by atoms with E-state index < -0.39 is 0 Å². The molecule has 0 fully saturated rings. The highest BCUT2D eigenvalue weighted by atomic mass is 16.1. The molecule has 0 saturated carbocycles. The number of nitrogens with zero attached hydrogens (tertiary/aromatic N) is 3. The van der Waals surface area contributed by atoms with Crippen molar-refractivity contribution < 1.29 is 0 Å². The van der Waals surface area contributed by atoms with Crippen molar-refractivity contribution in [3.8, 4) is 0 Å². The first kappa shape index (κ1) is 11.3. The van der Waals surface area contributed by atoms with Crippen LogP contribution < -0.4 is 16.6 Å². The third-order valence-electron chi connectivity index (χ3n) is 2.24. The van der Waals surface area contributed by atoms with E-state index in [1.165, 1.54) is 6.20 Å². The summed E-state index contributed by atoms with van der Waals surface area (Å²) in [7, 11) is 0. The molecule has 0 aromatic carbocycles. The Balaban J connectivity index is 2.48. The Bertz CT molecular complexity index is 584. The van der Waals surface area contributed by atoms with Gasteiger partial charge in [0.05, 0.1) is 12.7 Å². The van der Waals surface area contributed by atoms with Gasteiger partial charge in [-0.3, -0.25) is 9.78 Å². The van der Waals surface area contributed by atoms with E-state index in [9.17, 15) is 4.79 Å². The van der Waals surface area contributed by atoms with Gasteiger partial charge in [0.2, 0.25) is 5.95 Å². The lowest BCUT2D eigenvalue weighted by molar-refractivity contribution is 0.720. The Morgan fingerprint density at radius 1 is 1.65 bits per heavy atom. The van der Waals surface area contributed by atoms with Crippen molar-refractivity contribution >= 4 is 17.0 Å². The number of fused-ring (bicyclic) bond motifs is 1. The summed E-state index contributed by atoms with van der Waals surface area (Å²) in [5.41, 5.74) is 5.69. The zero-order valence-corrected chi connectivity index (χ0v) is 9.31.